The zero-order chi connectivity index (χ0) is 17.6. The van der Waals surface area contributed by atoms with Gasteiger partial charge in [0.25, 0.3) is 0 Å². The lowest BCUT2D eigenvalue weighted by molar-refractivity contribution is -0.128. The second kappa shape index (κ2) is 8.36. The Balaban J connectivity index is 1.85. The Hall–Kier alpha value is -1.77. The third kappa shape index (κ3) is 5.40. The van der Waals surface area contributed by atoms with E-state index in [0.717, 1.165) is 16.9 Å². The van der Waals surface area contributed by atoms with Crippen LogP contribution in [0.3, 0.4) is 0 Å². The van der Waals surface area contributed by atoms with Crippen LogP contribution in [-0.2, 0) is 21.2 Å². The van der Waals surface area contributed by atoms with Gasteiger partial charge in [-0.1, -0.05) is 18.2 Å². The predicted octanol–water partition coefficient (Wildman–Crippen LogP) is 2.26. The van der Waals surface area contributed by atoms with Crippen LogP contribution in [0.2, 0.25) is 0 Å². The molecule has 1 aromatic carbocycles. The Morgan fingerprint density at radius 2 is 1.92 bits per heavy atom. The molecule has 0 aliphatic heterocycles. The summed E-state index contributed by atoms with van der Waals surface area (Å²) in [6.45, 7) is 2.31. The number of rotatable bonds is 8. The van der Waals surface area contributed by atoms with Crippen molar-refractivity contribution in [3.63, 3.8) is 0 Å². The number of hydrogen-bond donors (Lipinski definition) is 1. The van der Waals surface area contributed by atoms with Gasteiger partial charge >= 0.3 is 0 Å². The van der Waals surface area contributed by atoms with Crippen LogP contribution < -0.4 is 4.72 Å². The van der Waals surface area contributed by atoms with Crippen molar-refractivity contribution in [3.8, 4) is 0 Å². The monoisotopic (exact) mass is 370 g/mol. The van der Waals surface area contributed by atoms with E-state index < -0.39 is 10.0 Å². The molecule has 0 aliphatic carbocycles. The van der Waals surface area contributed by atoms with Crippen LogP contribution in [0, 0.1) is 5.82 Å². The van der Waals surface area contributed by atoms with Crippen LogP contribution >= 0.6 is 11.3 Å². The second-order valence-corrected chi connectivity index (χ2v) is 8.15. The summed E-state index contributed by atoms with van der Waals surface area (Å²) in [5.41, 5.74) is 0.918. The first-order valence-corrected chi connectivity index (χ1v) is 9.78. The largest absolute Gasteiger partial charge is 0.341 e. The van der Waals surface area contributed by atoms with E-state index in [9.17, 15) is 17.6 Å². The molecule has 1 amide bonds. The van der Waals surface area contributed by atoms with Gasteiger partial charge in [-0.3, -0.25) is 4.79 Å². The normalized spacial score (nSPS) is 11.4. The molecule has 2 rings (SSSR count). The lowest BCUT2D eigenvalue weighted by Gasteiger charge is -2.21. The maximum absolute atomic E-state index is 12.9. The van der Waals surface area contributed by atoms with E-state index in [-0.39, 0.29) is 29.0 Å². The number of carbonyl (C=O) groups is 1. The first-order valence-electron chi connectivity index (χ1n) is 7.41. The molecule has 2 aromatic rings. The van der Waals surface area contributed by atoms with E-state index in [2.05, 4.69) is 4.72 Å². The molecule has 5 nitrogen and oxygen atoms in total. The third-order valence-corrected chi connectivity index (χ3v) is 6.32. The fourth-order valence-electron chi connectivity index (χ4n) is 2.14. The van der Waals surface area contributed by atoms with Gasteiger partial charge in [0.1, 0.15) is 10.0 Å². The summed E-state index contributed by atoms with van der Waals surface area (Å²) in [6, 6.07) is 9.31. The molecule has 0 spiro atoms. The Kier molecular flexibility index (Phi) is 6.47. The van der Waals surface area contributed by atoms with Gasteiger partial charge in [-0.15, -0.1) is 11.3 Å². The van der Waals surface area contributed by atoms with Gasteiger partial charge in [-0.2, -0.15) is 0 Å². The van der Waals surface area contributed by atoms with Crippen LogP contribution in [0.15, 0.2) is 46.0 Å². The number of carbonyl (C=O) groups excluding carboxylic acids is 1. The zero-order valence-corrected chi connectivity index (χ0v) is 14.9. The van der Waals surface area contributed by atoms with E-state index >= 15 is 0 Å². The molecule has 0 unspecified atom stereocenters. The number of thiophene rings is 1. The number of halogens is 1. The molecular formula is C16H19FN2O3S2. The zero-order valence-electron chi connectivity index (χ0n) is 13.2. The van der Waals surface area contributed by atoms with Crippen LogP contribution in [-0.4, -0.2) is 38.9 Å². The summed E-state index contributed by atoms with van der Waals surface area (Å²) < 4.78 is 39.7. The lowest BCUT2D eigenvalue weighted by atomic mass is 10.1. The van der Waals surface area contributed by atoms with E-state index in [1.807, 2.05) is 0 Å². The molecule has 24 heavy (non-hydrogen) atoms. The van der Waals surface area contributed by atoms with Crippen molar-refractivity contribution in [1.82, 2.24) is 9.62 Å². The van der Waals surface area contributed by atoms with Gasteiger partial charge in [0, 0.05) is 26.6 Å². The average molecular weight is 370 g/mol. The summed E-state index contributed by atoms with van der Waals surface area (Å²) in [6.07, 6.45) is 0.581. The maximum atomic E-state index is 12.9. The number of sulfonamides is 1. The second-order valence-electron chi connectivity index (χ2n) is 5.21. The Bertz CT molecular complexity index is 759. The molecule has 0 aliphatic rings. The molecule has 0 atom stereocenters. The van der Waals surface area contributed by atoms with Crippen molar-refractivity contribution in [3.05, 3.63) is 53.2 Å². The Morgan fingerprint density at radius 1 is 1.21 bits per heavy atom. The van der Waals surface area contributed by atoms with E-state index in [1.54, 1.807) is 28.5 Å². The quantitative estimate of drug-likeness (QED) is 0.775. The van der Waals surface area contributed by atoms with Crippen molar-refractivity contribution in [2.45, 2.75) is 17.6 Å². The Morgan fingerprint density at radius 3 is 2.50 bits per heavy atom. The van der Waals surface area contributed by atoms with Crippen LogP contribution in [0.25, 0.3) is 0 Å². The molecule has 0 saturated carbocycles. The van der Waals surface area contributed by atoms with Crippen molar-refractivity contribution < 1.29 is 17.6 Å². The number of benzene rings is 1. The maximum Gasteiger partial charge on any atom is 0.250 e. The summed E-state index contributed by atoms with van der Waals surface area (Å²) in [5.74, 6) is -0.433. The molecule has 0 radical (unpaired) electrons. The topological polar surface area (TPSA) is 66.5 Å². The average Bonchev–Trinajstić information content (AvgIpc) is 3.07. The molecule has 0 fully saturated rings. The highest BCUT2D eigenvalue weighted by Gasteiger charge is 2.16. The molecule has 8 heteroatoms. The van der Waals surface area contributed by atoms with Gasteiger partial charge in [0.15, 0.2) is 0 Å². The summed E-state index contributed by atoms with van der Waals surface area (Å²) in [4.78, 5) is 13.3. The minimum absolute atomic E-state index is 0.132. The molecule has 130 valence electrons. The molecule has 1 N–H and O–H groups in total. The highest BCUT2D eigenvalue weighted by Crippen LogP contribution is 2.14. The fourth-order valence-corrected chi connectivity index (χ4v) is 4.20. The van der Waals surface area contributed by atoms with Crippen molar-refractivity contribution in [1.29, 1.82) is 0 Å². The molecular weight excluding hydrogens is 351 g/mol. The third-order valence-electron chi connectivity index (χ3n) is 3.46. The first-order chi connectivity index (χ1) is 11.4. The van der Waals surface area contributed by atoms with Gasteiger partial charge in [0.05, 0.1) is 0 Å². The number of nitrogens with zero attached hydrogens (tertiary/aromatic N) is 1. The summed E-state index contributed by atoms with van der Waals surface area (Å²) >= 11 is 1.14. The molecule has 1 aromatic heterocycles. The van der Waals surface area contributed by atoms with Crippen molar-refractivity contribution in [2.75, 3.05) is 19.6 Å². The van der Waals surface area contributed by atoms with E-state index in [0.29, 0.717) is 13.0 Å². The summed E-state index contributed by atoms with van der Waals surface area (Å²) in [7, 11) is -3.52. The smallest absolute Gasteiger partial charge is 0.250 e. The van der Waals surface area contributed by atoms with Gasteiger partial charge in [-0.05, 0) is 35.6 Å². The Labute approximate surface area is 145 Å². The van der Waals surface area contributed by atoms with Gasteiger partial charge < -0.3 is 4.90 Å². The van der Waals surface area contributed by atoms with Crippen LogP contribution in [0.1, 0.15) is 12.5 Å². The van der Waals surface area contributed by atoms with Gasteiger partial charge in [0.2, 0.25) is 15.9 Å². The molecule has 0 bridgehead atoms. The minimum atomic E-state index is -3.52. The van der Waals surface area contributed by atoms with E-state index in [4.69, 9.17) is 0 Å². The summed E-state index contributed by atoms with van der Waals surface area (Å²) in [5, 5.41) is 1.69. The first kappa shape index (κ1) is 18.6. The predicted molar refractivity (Wildman–Crippen MR) is 91.9 cm³/mol. The van der Waals surface area contributed by atoms with Gasteiger partial charge in [-0.25, -0.2) is 17.5 Å². The van der Waals surface area contributed by atoms with E-state index in [1.165, 1.54) is 25.1 Å². The lowest BCUT2D eigenvalue weighted by Crippen LogP contribution is -2.38. The fraction of sp³-hybridized carbons (Fsp3) is 0.312. The molecule has 0 saturated heterocycles. The van der Waals surface area contributed by atoms with Crippen LogP contribution in [0.4, 0.5) is 4.39 Å². The highest BCUT2D eigenvalue weighted by atomic mass is 32.2. The minimum Gasteiger partial charge on any atom is -0.341 e. The van der Waals surface area contributed by atoms with Crippen LogP contribution in [0.5, 0.6) is 0 Å². The SMILES string of the molecule is CC(=O)N(CCNS(=O)(=O)c1cccs1)CCc1ccc(F)cc1. The molecule has 1 heterocycles. The van der Waals surface area contributed by atoms with Crippen molar-refractivity contribution in [2.24, 2.45) is 0 Å². The number of nitrogens with one attached hydrogen (secondary N) is 1. The highest BCUT2D eigenvalue weighted by molar-refractivity contribution is 7.91. The standard InChI is InChI=1S/C16H19FN2O3S2/c1-13(20)19(10-8-14-4-6-15(17)7-5-14)11-9-18-24(21,22)16-3-2-12-23-16/h2-7,12,18H,8-11H2,1H3. The number of hydrogen-bond acceptors (Lipinski definition) is 4. The van der Waals surface area contributed by atoms with Crippen molar-refractivity contribution >= 4 is 27.3 Å². The number of amides is 1.